The number of hydrogen-bond donors (Lipinski definition) is 2. The van der Waals surface area contributed by atoms with Gasteiger partial charge >= 0.3 is 0 Å². The molecule has 0 aromatic heterocycles. The number of nitrogens with zero attached hydrogens (tertiary/aromatic N) is 2. The average Bonchev–Trinajstić information content (AvgIpc) is 2.93. The first-order valence-electron chi connectivity index (χ1n) is 8.28. The van der Waals surface area contributed by atoms with Crippen molar-refractivity contribution in [3.05, 3.63) is 65.2 Å². The largest absolute Gasteiger partial charge is 0.372 e. The van der Waals surface area contributed by atoms with E-state index < -0.39 is 0 Å². The third kappa shape index (κ3) is 2.97. The second-order valence-electron chi connectivity index (χ2n) is 5.79. The van der Waals surface area contributed by atoms with E-state index in [1.807, 2.05) is 48.5 Å². The van der Waals surface area contributed by atoms with Crippen LogP contribution in [0, 0.1) is 0 Å². The fraction of sp³-hybridized carbons (Fsp3) is 0.263. The maximum atomic E-state index is 12.5. The molecule has 0 fully saturated rings. The summed E-state index contributed by atoms with van der Waals surface area (Å²) in [5.41, 5.74) is 12.9. The van der Waals surface area contributed by atoms with Gasteiger partial charge in [0.25, 0.3) is 11.7 Å². The lowest BCUT2D eigenvalue weighted by atomic mass is 10.1. The maximum Gasteiger partial charge on any atom is 0.299 e. The van der Waals surface area contributed by atoms with Crippen LogP contribution in [0.1, 0.15) is 35.3 Å². The summed E-state index contributed by atoms with van der Waals surface area (Å²) in [6.07, 6.45) is 0. The molecule has 5 heteroatoms. The summed E-state index contributed by atoms with van der Waals surface area (Å²) in [6.45, 7) is 6.71. The van der Waals surface area contributed by atoms with E-state index in [0.717, 1.165) is 29.9 Å². The van der Waals surface area contributed by atoms with Crippen LogP contribution in [0.5, 0.6) is 0 Å². The molecule has 3 rings (SSSR count). The smallest absolute Gasteiger partial charge is 0.299 e. The van der Waals surface area contributed by atoms with Gasteiger partial charge in [-0.15, -0.1) is 0 Å². The minimum atomic E-state index is -0.156. The van der Waals surface area contributed by atoms with E-state index in [4.69, 9.17) is 5.73 Å². The number of hydrazine groups is 1. The molecule has 1 heterocycles. The van der Waals surface area contributed by atoms with Gasteiger partial charge in [0.1, 0.15) is 6.54 Å². The van der Waals surface area contributed by atoms with Crippen molar-refractivity contribution in [3.63, 3.8) is 0 Å². The summed E-state index contributed by atoms with van der Waals surface area (Å²) >= 11 is 0. The predicted molar refractivity (Wildman–Crippen MR) is 96.2 cm³/mol. The normalized spacial score (nSPS) is 12.9. The third-order valence-corrected chi connectivity index (χ3v) is 4.41. The Morgan fingerprint density at radius 1 is 1.12 bits per heavy atom. The molecule has 2 aromatic rings. The van der Waals surface area contributed by atoms with Crippen LogP contribution in [0.15, 0.2) is 48.5 Å². The molecule has 0 atom stereocenters. The molecule has 1 amide bonds. The molecule has 24 heavy (non-hydrogen) atoms. The highest BCUT2D eigenvalue weighted by Gasteiger charge is 2.26. The zero-order chi connectivity index (χ0) is 17.1. The molecule has 0 aliphatic carbocycles. The number of carbonyl (C=O) groups is 1. The van der Waals surface area contributed by atoms with Gasteiger partial charge < -0.3 is 4.90 Å². The minimum absolute atomic E-state index is 0.156. The summed E-state index contributed by atoms with van der Waals surface area (Å²) in [5, 5.41) is 0. The van der Waals surface area contributed by atoms with E-state index in [2.05, 4.69) is 24.2 Å². The highest BCUT2D eigenvalue weighted by molar-refractivity contribution is 5.98. The number of fused-ring (bicyclic) bond motifs is 1. The number of hydrazone groups is 1. The second kappa shape index (κ2) is 6.74. The van der Waals surface area contributed by atoms with Gasteiger partial charge in [-0.1, -0.05) is 18.2 Å². The van der Waals surface area contributed by atoms with E-state index in [0.29, 0.717) is 17.9 Å². The van der Waals surface area contributed by atoms with Crippen LogP contribution in [-0.2, 0) is 6.54 Å². The Labute approximate surface area is 142 Å². The number of amidine groups is 1. The van der Waals surface area contributed by atoms with Crippen LogP contribution in [0.25, 0.3) is 0 Å². The fourth-order valence-electron chi connectivity index (χ4n) is 3.01. The molecular weight excluding hydrogens is 300 g/mol. The van der Waals surface area contributed by atoms with Crippen molar-refractivity contribution in [2.75, 3.05) is 18.0 Å². The SMILES string of the molecule is CCN(CC)c1ccc(C(=O)N[N+]2=C(N)c3ccccc3C2)cc1. The molecule has 5 nitrogen and oxygen atoms in total. The molecule has 0 saturated heterocycles. The Balaban J connectivity index is 1.73. The predicted octanol–water partition coefficient (Wildman–Crippen LogP) is 2.11. The number of amides is 1. The van der Waals surface area contributed by atoms with Gasteiger partial charge in [-0.3, -0.25) is 10.5 Å². The first kappa shape index (κ1) is 16.1. The molecule has 0 radical (unpaired) electrons. The Bertz CT molecular complexity index is 776. The monoisotopic (exact) mass is 323 g/mol. The molecule has 0 spiro atoms. The van der Waals surface area contributed by atoms with Crippen LogP contribution in [0.4, 0.5) is 5.69 Å². The lowest BCUT2D eigenvalue weighted by Crippen LogP contribution is -2.38. The number of benzene rings is 2. The van der Waals surface area contributed by atoms with Gasteiger partial charge in [0.05, 0.1) is 5.56 Å². The van der Waals surface area contributed by atoms with Crippen LogP contribution in [0.3, 0.4) is 0 Å². The van der Waals surface area contributed by atoms with Gasteiger partial charge in [-0.25, -0.2) is 0 Å². The number of nitrogens with two attached hydrogens (primary N) is 1. The average molecular weight is 323 g/mol. The van der Waals surface area contributed by atoms with E-state index in [1.54, 1.807) is 4.68 Å². The van der Waals surface area contributed by atoms with Crippen molar-refractivity contribution in [2.24, 2.45) is 5.73 Å². The van der Waals surface area contributed by atoms with E-state index in [1.165, 1.54) is 0 Å². The van der Waals surface area contributed by atoms with Crippen molar-refractivity contribution in [2.45, 2.75) is 20.4 Å². The highest BCUT2D eigenvalue weighted by atomic mass is 16.2. The third-order valence-electron chi connectivity index (χ3n) is 4.41. The van der Waals surface area contributed by atoms with Gasteiger partial charge in [0.15, 0.2) is 0 Å². The maximum absolute atomic E-state index is 12.5. The summed E-state index contributed by atoms with van der Waals surface area (Å²) in [4.78, 5) is 14.7. The number of carbonyl (C=O) groups excluding carboxylic acids is 1. The molecular formula is C19H23N4O+. The Morgan fingerprint density at radius 3 is 2.42 bits per heavy atom. The molecule has 0 saturated carbocycles. The molecule has 1 aliphatic rings. The quantitative estimate of drug-likeness (QED) is 0.829. The highest BCUT2D eigenvalue weighted by Crippen LogP contribution is 2.17. The molecule has 1 aliphatic heterocycles. The Kier molecular flexibility index (Phi) is 4.51. The lowest BCUT2D eigenvalue weighted by molar-refractivity contribution is -0.584. The minimum Gasteiger partial charge on any atom is -0.372 e. The second-order valence-corrected chi connectivity index (χ2v) is 5.79. The van der Waals surface area contributed by atoms with Crippen LogP contribution < -0.4 is 16.1 Å². The molecule has 3 N–H and O–H groups in total. The summed E-state index contributed by atoms with van der Waals surface area (Å²) in [5.74, 6) is 0.426. The van der Waals surface area contributed by atoms with E-state index in [-0.39, 0.29) is 5.91 Å². The Hall–Kier alpha value is -2.82. The van der Waals surface area contributed by atoms with Crippen LogP contribution in [0.2, 0.25) is 0 Å². The van der Waals surface area contributed by atoms with Crippen molar-refractivity contribution >= 4 is 17.4 Å². The van der Waals surface area contributed by atoms with Crippen molar-refractivity contribution < 1.29 is 9.48 Å². The zero-order valence-electron chi connectivity index (χ0n) is 14.1. The number of anilines is 1. The lowest BCUT2D eigenvalue weighted by Gasteiger charge is -2.21. The van der Waals surface area contributed by atoms with Crippen molar-refractivity contribution in [3.8, 4) is 0 Å². The topological polar surface area (TPSA) is 61.4 Å². The fourth-order valence-corrected chi connectivity index (χ4v) is 3.01. The first-order valence-corrected chi connectivity index (χ1v) is 8.28. The van der Waals surface area contributed by atoms with Gasteiger partial charge in [0.2, 0.25) is 0 Å². The standard InChI is InChI=1S/C19H22N4O/c1-3-22(4-2)16-11-9-14(10-12-16)19(24)21-23-13-15-7-5-6-8-17(15)18(23)20/h5-12,20H,3-4,13H2,1-2H3,(H,21,24)/p+1. The Morgan fingerprint density at radius 2 is 1.79 bits per heavy atom. The van der Waals surface area contributed by atoms with Gasteiger partial charge in [0, 0.05) is 29.9 Å². The summed E-state index contributed by atoms with van der Waals surface area (Å²) in [6, 6.07) is 15.6. The first-order chi connectivity index (χ1) is 11.6. The van der Waals surface area contributed by atoms with Crippen LogP contribution in [-0.4, -0.2) is 29.5 Å². The van der Waals surface area contributed by atoms with E-state index >= 15 is 0 Å². The molecule has 0 unspecified atom stereocenters. The van der Waals surface area contributed by atoms with Gasteiger partial charge in [-0.05, 0) is 44.2 Å². The van der Waals surface area contributed by atoms with Crippen LogP contribution >= 0.6 is 0 Å². The van der Waals surface area contributed by atoms with Gasteiger partial charge in [-0.2, -0.15) is 10.1 Å². The summed E-state index contributed by atoms with van der Waals surface area (Å²) < 4.78 is 1.70. The van der Waals surface area contributed by atoms with E-state index in [9.17, 15) is 4.79 Å². The molecule has 0 bridgehead atoms. The molecule has 2 aromatic carbocycles. The number of nitrogens with one attached hydrogen (secondary N) is 1. The van der Waals surface area contributed by atoms with Crippen molar-refractivity contribution in [1.82, 2.24) is 5.43 Å². The molecule has 124 valence electrons. The zero-order valence-corrected chi connectivity index (χ0v) is 14.1. The number of rotatable bonds is 5. The number of hydrogen-bond acceptors (Lipinski definition) is 3. The van der Waals surface area contributed by atoms with Crippen molar-refractivity contribution in [1.29, 1.82) is 0 Å². The summed E-state index contributed by atoms with van der Waals surface area (Å²) in [7, 11) is 0.